The number of nitrogens with one attached hydrogen (secondary N) is 1. The second-order valence-corrected chi connectivity index (χ2v) is 4.12. The van der Waals surface area contributed by atoms with Crippen LogP contribution < -0.4 is 5.32 Å². The zero-order valence-electron chi connectivity index (χ0n) is 10.2. The lowest BCUT2D eigenvalue weighted by atomic mass is 9.92. The van der Waals surface area contributed by atoms with E-state index in [0.717, 1.165) is 26.2 Å². The van der Waals surface area contributed by atoms with Gasteiger partial charge in [0.2, 0.25) is 0 Å². The predicted octanol–water partition coefficient (Wildman–Crippen LogP) is 2.89. The summed E-state index contributed by atoms with van der Waals surface area (Å²) in [6.07, 6.45) is 8.84. The highest BCUT2D eigenvalue weighted by molar-refractivity contribution is 5.13. The number of likely N-dealkylation sites (N-methyl/N-ethyl adjacent to an activating group) is 1. The van der Waals surface area contributed by atoms with E-state index in [4.69, 9.17) is 4.74 Å². The summed E-state index contributed by atoms with van der Waals surface area (Å²) in [5, 5.41) is 3.56. The molecule has 0 amide bonds. The van der Waals surface area contributed by atoms with Gasteiger partial charge in [-0.25, -0.2) is 0 Å². The van der Waals surface area contributed by atoms with Gasteiger partial charge in [0.05, 0.1) is 0 Å². The number of ether oxygens (including phenoxy) is 1. The molecule has 2 nitrogen and oxygen atoms in total. The molecule has 1 rings (SSSR count). The Morgan fingerprint density at radius 1 is 1.40 bits per heavy atom. The Labute approximate surface area is 94.1 Å². The second-order valence-electron chi connectivity index (χ2n) is 4.12. The molecule has 0 heterocycles. The van der Waals surface area contributed by atoms with Gasteiger partial charge in [-0.05, 0) is 45.6 Å². The Hall–Kier alpha value is -0.340. The first-order chi connectivity index (χ1) is 7.38. The molecule has 88 valence electrons. The van der Waals surface area contributed by atoms with E-state index in [-0.39, 0.29) is 0 Å². The SMILES string of the molecule is CCNC(CCOCC)C1=CCCCC1. The second kappa shape index (κ2) is 7.89. The monoisotopic (exact) mass is 211 g/mol. The molecule has 0 aliphatic heterocycles. The molecule has 2 heteroatoms. The molecule has 0 bridgehead atoms. The van der Waals surface area contributed by atoms with E-state index < -0.39 is 0 Å². The highest BCUT2D eigenvalue weighted by Gasteiger charge is 2.14. The summed E-state index contributed by atoms with van der Waals surface area (Å²) in [4.78, 5) is 0. The molecule has 0 aromatic carbocycles. The van der Waals surface area contributed by atoms with Gasteiger partial charge in [-0.3, -0.25) is 0 Å². The van der Waals surface area contributed by atoms with Crippen LogP contribution in [0.1, 0.15) is 46.0 Å². The number of allylic oxidation sites excluding steroid dienone is 1. The van der Waals surface area contributed by atoms with E-state index in [2.05, 4.69) is 25.2 Å². The third-order valence-corrected chi connectivity index (χ3v) is 2.98. The van der Waals surface area contributed by atoms with Crippen LogP contribution in [0.2, 0.25) is 0 Å². The quantitative estimate of drug-likeness (QED) is 0.516. The van der Waals surface area contributed by atoms with Gasteiger partial charge in [-0.1, -0.05) is 18.6 Å². The van der Waals surface area contributed by atoms with E-state index in [1.54, 1.807) is 5.57 Å². The molecule has 1 unspecified atom stereocenters. The summed E-state index contributed by atoms with van der Waals surface area (Å²) in [7, 11) is 0. The molecular weight excluding hydrogens is 186 g/mol. The zero-order valence-corrected chi connectivity index (χ0v) is 10.2. The fourth-order valence-electron chi connectivity index (χ4n) is 2.19. The normalized spacial score (nSPS) is 18.7. The van der Waals surface area contributed by atoms with Gasteiger partial charge < -0.3 is 10.1 Å². The third-order valence-electron chi connectivity index (χ3n) is 2.98. The van der Waals surface area contributed by atoms with Crippen molar-refractivity contribution in [1.29, 1.82) is 0 Å². The molecular formula is C13H25NO. The molecule has 1 N–H and O–H groups in total. The zero-order chi connectivity index (χ0) is 10.9. The fraction of sp³-hybridized carbons (Fsp3) is 0.846. The van der Waals surface area contributed by atoms with Gasteiger partial charge in [0.15, 0.2) is 0 Å². The van der Waals surface area contributed by atoms with Crippen LogP contribution in [0, 0.1) is 0 Å². The van der Waals surface area contributed by atoms with E-state index in [9.17, 15) is 0 Å². The maximum atomic E-state index is 5.43. The van der Waals surface area contributed by atoms with Gasteiger partial charge in [0, 0.05) is 19.3 Å². The van der Waals surface area contributed by atoms with E-state index in [1.807, 2.05) is 0 Å². The Balaban J connectivity index is 2.37. The van der Waals surface area contributed by atoms with Crippen LogP contribution in [0.5, 0.6) is 0 Å². The molecule has 0 saturated carbocycles. The van der Waals surface area contributed by atoms with Crippen LogP contribution in [-0.4, -0.2) is 25.8 Å². The average molecular weight is 211 g/mol. The molecule has 15 heavy (non-hydrogen) atoms. The molecule has 0 radical (unpaired) electrons. The number of rotatable bonds is 7. The number of hydrogen-bond donors (Lipinski definition) is 1. The van der Waals surface area contributed by atoms with Crippen molar-refractivity contribution in [3.63, 3.8) is 0 Å². The Morgan fingerprint density at radius 2 is 2.27 bits per heavy atom. The summed E-state index contributed by atoms with van der Waals surface area (Å²) >= 11 is 0. The maximum absolute atomic E-state index is 5.43. The molecule has 0 spiro atoms. The fourth-order valence-corrected chi connectivity index (χ4v) is 2.19. The molecule has 1 atom stereocenters. The van der Waals surface area contributed by atoms with Gasteiger partial charge in [-0.2, -0.15) is 0 Å². The topological polar surface area (TPSA) is 21.3 Å². The van der Waals surface area contributed by atoms with E-state index in [1.165, 1.54) is 25.7 Å². The molecule has 0 fully saturated rings. The van der Waals surface area contributed by atoms with E-state index in [0.29, 0.717) is 6.04 Å². The van der Waals surface area contributed by atoms with Crippen LogP contribution >= 0.6 is 0 Å². The van der Waals surface area contributed by atoms with Crippen LogP contribution in [0.25, 0.3) is 0 Å². The Kier molecular flexibility index (Phi) is 6.69. The largest absolute Gasteiger partial charge is 0.382 e. The first kappa shape index (κ1) is 12.7. The first-order valence-corrected chi connectivity index (χ1v) is 6.38. The van der Waals surface area contributed by atoms with Gasteiger partial charge >= 0.3 is 0 Å². The van der Waals surface area contributed by atoms with Crippen LogP contribution in [0.15, 0.2) is 11.6 Å². The number of hydrogen-bond acceptors (Lipinski definition) is 2. The van der Waals surface area contributed by atoms with Gasteiger partial charge in [0.25, 0.3) is 0 Å². The minimum absolute atomic E-state index is 0.557. The average Bonchev–Trinajstić information content (AvgIpc) is 2.29. The van der Waals surface area contributed by atoms with Crippen molar-refractivity contribution < 1.29 is 4.74 Å². The standard InChI is InChI=1S/C13H25NO/c1-3-14-13(10-11-15-4-2)12-8-6-5-7-9-12/h8,13-14H,3-7,9-11H2,1-2H3. The summed E-state index contributed by atoms with van der Waals surface area (Å²) in [5.41, 5.74) is 1.61. The molecule has 1 aliphatic carbocycles. The molecule has 1 aliphatic rings. The third kappa shape index (κ3) is 4.80. The molecule has 0 aromatic heterocycles. The van der Waals surface area contributed by atoms with Crippen LogP contribution in [0.3, 0.4) is 0 Å². The maximum Gasteiger partial charge on any atom is 0.0483 e. The summed E-state index contributed by atoms with van der Waals surface area (Å²) in [5.74, 6) is 0. The summed E-state index contributed by atoms with van der Waals surface area (Å²) in [6.45, 7) is 7.00. The molecule has 0 aromatic rings. The summed E-state index contributed by atoms with van der Waals surface area (Å²) in [6, 6.07) is 0.557. The van der Waals surface area contributed by atoms with Crippen molar-refractivity contribution in [2.75, 3.05) is 19.8 Å². The lowest BCUT2D eigenvalue weighted by molar-refractivity contribution is 0.139. The van der Waals surface area contributed by atoms with Crippen molar-refractivity contribution in [3.8, 4) is 0 Å². The molecule has 0 saturated heterocycles. The van der Waals surface area contributed by atoms with Crippen molar-refractivity contribution in [2.24, 2.45) is 0 Å². The van der Waals surface area contributed by atoms with Crippen LogP contribution in [0.4, 0.5) is 0 Å². The highest BCUT2D eigenvalue weighted by atomic mass is 16.5. The van der Waals surface area contributed by atoms with Gasteiger partial charge in [0.1, 0.15) is 0 Å². The van der Waals surface area contributed by atoms with Crippen molar-refractivity contribution in [3.05, 3.63) is 11.6 Å². The first-order valence-electron chi connectivity index (χ1n) is 6.38. The highest BCUT2D eigenvalue weighted by Crippen LogP contribution is 2.21. The smallest absolute Gasteiger partial charge is 0.0483 e. The minimum Gasteiger partial charge on any atom is -0.382 e. The lowest BCUT2D eigenvalue weighted by Gasteiger charge is -2.24. The van der Waals surface area contributed by atoms with Crippen LogP contribution in [-0.2, 0) is 4.74 Å². The minimum atomic E-state index is 0.557. The van der Waals surface area contributed by atoms with Crippen molar-refractivity contribution in [2.45, 2.75) is 52.0 Å². The predicted molar refractivity (Wildman–Crippen MR) is 65.1 cm³/mol. The van der Waals surface area contributed by atoms with Crippen molar-refractivity contribution >= 4 is 0 Å². The lowest BCUT2D eigenvalue weighted by Crippen LogP contribution is -2.32. The Bertz CT molecular complexity index is 189. The van der Waals surface area contributed by atoms with Gasteiger partial charge in [-0.15, -0.1) is 0 Å². The Morgan fingerprint density at radius 3 is 2.87 bits per heavy atom. The van der Waals surface area contributed by atoms with Crippen molar-refractivity contribution in [1.82, 2.24) is 5.32 Å². The van der Waals surface area contributed by atoms with E-state index >= 15 is 0 Å². The summed E-state index contributed by atoms with van der Waals surface area (Å²) < 4.78 is 5.43.